The minimum absolute atomic E-state index is 0.00778. The molecule has 0 bridgehead atoms. The smallest absolute Gasteiger partial charge is 0.315 e. The zero-order chi connectivity index (χ0) is 11.1. The van der Waals surface area contributed by atoms with E-state index in [0.717, 1.165) is 5.76 Å². The number of furan rings is 1. The molecule has 0 spiro atoms. The molecule has 0 saturated heterocycles. The van der Waals surface area contributed by atoms with Crippen LogP contribution < -0.4 is 10.6 Å². The molecule has 1 heterocycles. The van der Waals surface area contributed by atoms with Crippen LogP contribution in [0.4, 0.5) is 4.79 Å². The lowest BCUT2D eigenvalue weighted by Crippen LogP contribution is -2.42. The van der Waals surface area contributed by atoms with Gasteiger partial charge in [-0.3, -0.25) is 0 Å². The lowest BCUT2D eigenvalue weighted by Gasteiger charge is -2.12. The van der Waals surface area contributed by atoms with Gasteiger partial charge in [0, 0.05) is 7.11 Å². The largest absolute Gasteiger partial charge is 0.467 e. The molecule has 1 aromatic rings. The molecule has 2 N–H and O–H groups in total. The van der Waals surface area contributed by atoms with E-state index in [2.05, 4.69) is 10.6 Å². The second-order valence-corrected chi connectivity index (χ2v) is 3.26. The summed E-state index contributed by atoms with van der Waals surface area (Å²) in [5.74, 6) is 0.726. The molecule has 84 valence electrons. The van der Waals surface area contributed by atoms with Gasteiger partial charge in [0.25, 0.3) is 0 Å². The predicted octanol–water partition coefficient (Wildman–Crippen LogP) is 1.11. The van der Waals surface area contributed by atoms with E-state index in [0.29, 0.717) is 13.2 Å². The number of hydrogen-bond acceptors (Lipinski definition) is 3. The van der Waals surface area contributed by atoms with Crippen LogP contribution in [0.15, 0.2) is 22.8 Å². The van der Waals surface area contributed by atoms with E-state index in [1.54, 1.807) is 25.5 Å². The van der Waals surface area contributed by atoms with Crippen molar-refractivity contribution in [2.45, 2.75) is 19.5 Å². The average molecular weight is 212 g/mol. The van der Waals surface area contributed by atoms with Crippen molar-refractivity contribution in [1.29, 1.82) is 0 Å². The van der Waals surface area contributed by atoms with Gasteiger partial charge < -0.3 is 19.8 Å². The van der Waals surface area contributed by atoms with Crippen LogP contribution in [0.3, 0.4) is 0 Å². The lowest BCUT2D eigenvalue weighted by atomic mass is 10.4. The van der Waals surface area contributed by atoms with Gasteiger partial charge in [0.2, 0.25) is 0 Å². The van der Waals surface area contributed by atoms with Gasteiger partial charge in [-0.25, -0.2) is 4.79 Å². The quantitative estimate of drug-likeness (QED) is 0.768. The van der Waals surface area contributed by atoms with Gasteiger partial charge in [0.05, 0.1) is 25.5 Å². The molecule has 0 unspecified atom stereocenters. The van der Waals surface area contributed by atoms with E-state index in [4.69, 9.17) is 9.15 Å². The minimum atomic E-state index is -0.226. The number of carbonyl (C=O) groups excluding carboxylic acids is 1. The third-order valence-corrected chi connectivity index (χ3v) is 1.80. The zero-order valence-electron chi connectivity index (χ0n) is 8.95. The Kier molecular flexibility index (Phi) is 4.70. The van der Waals surface area contributed by atoms with Gasteiger partial charge in [0.1, 0.15) is 5.76 Å². The molecule has 1 atom stereocenters. The van der Waals surface area contributed by atoms with Crippen molar-refractivity contribution < 1.29 is 13.9 Å². The van der Waals surface area contributed by atoms with Crippen molar-refractivity contribution in [2.75, 3.05) is 13.7 Å². The summed E-state index contributed by atoms with van der Waals surface area (Å²) in [4.78, 5) is 11.3. The molecule has 0 fully saturated rings. The third kappa shape index (κ3) is 4.51. The minimum Gasteiger partial charge on any atom is -0.467 e. The summed E-state index contributed by atoms with van der Waals surface area (Å²) in [7, 11) is 1.60. The SMILES string of the molecule is COC[C@H](C)NC(=O)NCc1ccco1. The molecule has 1 aromatic heterocycles. The summed E-state index contributed by atoms with van der Waals surface area (Å²) in [5, 5.41) is 5.40. The number of amides is 2. The van der Waals surface area contributed by atoms with Crippen LogP contribution >= 0.6 is 0 Å². The standard InChI is InChI=1S/C10H16N2O3/c1-8(7-14-2)12-10(13)11-6-9-4-3-5-15-9/h3-5,8H,6-7H2,1-2H3,(H2,11,12,13)/t8-/m0/s1. The Morgan fingerprint density at radius 3 is 3.07 bits per heavy atom. The predicted molar refractivity (Wildman–Crippen MR) is 55.4 cm³/mol. The van der Waals surface area contributed by atoms with Crippen LogP contribution in [0.25, 0.3) is 0 Å². The lowest BCUT2D eigenvalue weighted by molar-refractivity contribution is 0.170. The van der Waals surface area contributed by atoms with Gasteiger partial charge in [0.15, 0.2) is 0 Å². The second-order valence-electron chi connectivity index (χ2n) is 3.26. The first-order valence-corrected chi connectivity index (χ1v) is 4.78. The summed E-state index contributed by atoms with van der Waals surface area (Å²) in [5.41, 5.74) is 0. The number of urea groups is 1. The average Bonchev–Trinajstić information content (AvgIpc) is 2.67. The number of methoxy groups -OCH3 is 1. The Morgan fingerprint density at radius 1 is 1.67 bits per heavy atom. The highest BCUT2D eigenvalue weighted by Crippen LogP contribution is 1.98. The van der Waals surface area contributed by atoms with Crippen molar-refractivity contribution >= 4 is 6.03 Å². The number of carbonyl (C=O) groups is 1. The van der Waals surface area contributed by atoms with Crippen LogP contribution in [0, 0.1) is 0 Å². The van der Waals surface area contributed by atoms with Crippen LogP contribution in [-0.2, 0) is 11.3 Å². The van der Waals surface area contributed by atoms with Crippen molar-refractivity contribution in [3.63, 3.8) is 0 Å². The van der Waals surface area contributed by atoms with E-state index >= 15 is 0 Å². The van der Waals surface area contributed by atoms with E-state index in [-0.39, 0.29) is 12.1 Å². The molecule has 0 aliphatic heterocycles. The number of hydrogen-bond donors (Lipinski definition) is 2. The normalized spacial score (nSPS) is 12.1. The van der Waals surface area contributed by atoms with Crippen LogP contribution in [0.5, 0.6) is 0 Å². The first kappa shape index (κ1) is 11.6. The maximum absolute atomic E-state index is 11.3. The fourth-order valence-electron chi connectivity index (χ4n) is 1.15. The van der Waals surface area contributed by atoms with Gasteiger partial charge in [-0.05, 0) is 19.1 Å². The van der Waals surface area contributed by atoms with Crippen LogP contribution in [0.2, 0.25) is 0 Å². The van der Waals surface area contributed by atoms with E-state index < -0.39 is 0 Å². The van der Waals surface area contributed by atoms with E-state index in [1.807, 2.05) is 6.92 Å². The van der Waals surface area contributed by atoms with Gasteiger partial charge in [-0.2, -0.15) is 0 Å². The van der Waals surface area contributed by atoms with Gasteiger partial charge in [-0.15, -0.1) is 0 Å². The third-order valence-electron chi connectivity index (χ3n) is 1.80. The van der Waals surface area contributed by atoms with E-state index in [9.17, 15) is 4.79 Å². The van der Waals surface area contributed by atoms with E-state index in [1.165, 1.54) is 0 Å². The van der Waals surface area contributed by atoms with Crippen molar-refractivity contribution in [3.05, 3.63) is 24.2 Å². The highest BCUT2D eigenvalue weighted by molar-refractivity contribution is 5.74. The Morgan fingerprint density at radius 2 is 2.47 bits per heavy atom. The number of nitrogens with one attached hydrogen (secondary N) is 2. The summed E-state index contributed by atoms with van der Waals surface area (Å²) >= 11 is 0. The molecule has 0 aliphatic rings. The first-order chi connectivity index (χ1) is 7.22. The zero-order valence-corrected chi connectivity index (χ0v) is 8.95. The Hall–Kier alpha value is -1.49. The molecule has 5 nitrogen and oxygen atoms in total. The highest BCUT2D eigenvalue weighted by atomic mass is 16.5. The Balaban J connectivity index is 2.19. The molecule has 0 saturated carbocycles. The molecule has 15 heavy (non-hydrogen) atoms. The van der Waals surface area contributed by atoms with Crippen LogP contribution in [0.1, 0.15) is 12.7 Å². The highest BCUT2D eigenvalue weighted by Gasteiger charge is 2.06. The molecule has 0 aromatic carbocycles. The summed E-state index contributed by atoms with van der Waals surface area (Å²) in [6.45, 7) is 2.75. The van der Waals surface area contributed by atoms with Crippen molar-refractivity contribution in [1.82, 2.24) is 10.6 Å². The molecular formula is C10H16N2O3. The topological polar surface area (TPSA) is 63.5 Å². The number of ether oxygens (including phenoxy) is 1. The van der Waals surface area contributed by atoms with Crippen LogP contribution in [-0.4, -0.2) is 25.8 Å². The maximum atomic E-state index is 11.3. The van der Waals surface area contributed by atoms with Gasteiger partial charge >= 0.3 is 6.03 Å². The molecule has 5 heteroatoms. The number of rotatable bonds is 5. The summed E-state index contributed by atoms with van der Waals surface area (Å²) < 4.78 is 9.96. The second kappa shape index (κ2) is 6.08. The Bertz CT molecular complexity index is 285. The van der Waals surface area contributed by atoms with Crippen molar-refractivity contribution in [2.24, 2.45) is 0 Å². The van der Waals surface area contributed by atoms with Crippen molar-refractivity contribution in [3.8, 4) is 0 Å². The fraction of sp³-hybridized carbons (Fsp3) is 0.500. The first-order valence-electron chi connectivity index (χ1n) is 4.78. The molecular weight excluding hydrogens is 196 g/mol. The molecule has 0 radical (unpaired) electrons. The van der Waals surface area contributed by atoms with Gasteiger partial charge in [-0.1, -0.05) is 0 Å². The Labute approximate surface area is 88.8 Å². The summed E-state index contributed by atoms with van der Waals surface area (Å²) in [6, 6.07) is 3.35. The summed E-state index contributed by atoms with van der Waals surface area (Å²) in [6.07, 6.45) is 1.57. The monoisotopic (exact) mass is 212 g/mol. The molecule has 2 amide bonds. The molecule has 1 rings (SSSR count). The maximum Gasteiger partial charge on any atom is 0.315 e. The fourth-order valence-corrected chi connectivity index (χ4v) is 1.15. The molecule has 0 aliphatic carbocycles.